The van der Waals surface area contributed by atoms with E-state index in [0.717, 1.165) is 0 Å². The summed E-state index contributed by atoms with van der Waals surface area (Å²) >= 11 is 0. The van der Waals surface area contributed by atoms with Crippen LogP contribution in [0.4, 0.5) is 4.39 Å². The summed E-state index contributed by atoms with van der Waals surface area (Å²) in [7, 11) is 0. The predicted molar refractivity (Wildman–Crippen MR) is 49.8 cm³/mol. The van der Waals surface area contributed by atoms with E-state index in [4.69, 9.17) is 10.4 Å². The normalized spacial score (nSPS) is 12.1. The maximum atomic E-state index is 12.8. The lowest BCUT2D eigenvalue weighted by Gasteiger charge is -2.10. The molecule has 0 saturated carbocycles. The van der Waals surface area contributed by atoms with E-state index in [2.05, 4.69) is 5.32 Å². The fourth-order valence-electron chi connectivity index (χ4n) is 1.13. The van der Waals surface area contributed by atoms with Gasteiger partial charge in [-0.2, -0.15) is 5.26 Å². The van der Waals surface area contributed by atoms with E-state index in [9.17, 15) is 4.39 Å². The van der Waals surface area contributed by atoms with Crippen molar-refractivity contribution >= 4 is 0 Å². The summed E-state index contributed by atoms with van der Waals surface area (Å²) in [6, 6.07) is 7.27. The van der Waals surface area contributed by atoms with E-state index in [0.29, 0.717) is 12.1 Å². The zero-order valence-corrected chi connectivity index (χ0v) is 7.57. The Balaban J connectivity index is 2.75. The predicted octanol–water partition coefficient (Wildman–Crippen LogP) is 0.972. The summed E-state index contributed by atoms with van der Waals surface area (Å²) in [6.45, 7) is 0.266. The summed E-state index contributed by atoms with van der Waals surface area (Å²) in [5.74, 6) is -0.367. The molecule has 0 aliphatic carbocycles. The van der Waals surface area contributed by atoms with Gasteiger partial charge in [0.25, 0.3) is 0 Å². The average molecular weight is 194 g/mol. The van der Waals surface area contributed by atoms with Gasteiger partial charge in [0.1, 0.15) is 11.9 Å². The van der Waals surface area contributed by atoms with Crippen LogP contribution in [0.1, 0.15) is 11.6 Å². The highest BCUT2D eigenvalue weighted by Crippen LogP contribution is 2.12. The molecule has 1 atom stereocenters. The fourth-order valence-corrected chi connectivity index (χ4v) is 1.13. The Kier molecular flexibility index (Phi) is 4.05. The smallest absolute Gasteiger partial charge is 0.123 e. The van der Waals surface area contributed by atoms with Crippen LogP contribution in [0.2, 0.25) is 0 Å². The molecule has 14 heavy (non-hydrogen) atoms. The van der Waals surface area contributed by atoms with E-state index in [-0.39, 0.29) is 12.4 Å². The number of benzene rings is 1. The summed E-state index contributed by atoms with van der Waals surface area (Å²) in [6.07, 6.45) is 0. The highest BCUT2D eigenvalue weighted by atomic mass is 19.1. The summed E-state index contributed by atoms with van der Waals surface area (Å²) in [5, 5.41) is 20.1. The first-order valence-electron chi connectivity index (χ1n) is 4.27. The first-order chi connectivity index (χ1) is 6.77. The Hall–Kier alpha value is -1.44. The molecule has 0 amide bonds. The molecular formula is C10H11FN2O. The third kappa shape index (κ3) is 2.80. The van der Waals surface area contributed by atoms with Crippen LogP contribution in [0, 0.1) is 17.1 Å². The van der Waals surface area contributed by atoms with Crippen LogP contribution in [0.15, 0.2) is 24.3 Å². The molecule has 74 valence electrons. The lowest BCUT2D eigenvalue weighted by molar-refractivity contribution is 0.289. The number of aliphatic hydroxyl groups is 1. The van der Waals surface area contributed by atoms with Gasteiger partial charge in [0.2, 0.25) is 0 Å². The third-order valence-electron chi connectivity index (χ3n) is 1.77. The zero-order chi connectivity index (χ0) is 10.4. The molecule has 2 N–H and O–H groups in total. The molecule has 3 nitrogen and oxygen atoms in total. The lowest BCUT2D eigenvalue weighted by atomic mass is 10.1. The maximum absolute atomic E-state index is 12.8. The fraction of sp³-hybridized carbons (Fsp3) is 0.300. The van der Waals surface area contributed by atoms with Crippen LogP contribution >= 0.6 is 0 Å². The van der Waals surface area contributed by atoms with Gasteiger partial charge in [-0.15, -0.1) is 0 Å². The van der Waals surface area contributed by atoms with E-state index < -0.39 is 6.04 Å². The SMILES string of the molecule is N#CC(NCCO)c1cccc(F)c1. The number of nitriles is 1. The largest absolute Gasteiger partial charge is 0.395 e. The molecule has 1 rings (SSSR count). The number of hydrogen-bond acceptors (Lipinski definition) is 3. The Morgan fingerprint density at radius 1 is 1.57 bits per heavy atom. The minimum atomic E-state index is -0.571. The second kappa shape index (κ2) is 5.32. The number of nitrogens with one attached hydrogen (secondary N) is 1. The van der Waals surface area contributed by atoms with Crippen LogP contribution in [0.3, 0.4) is 0 Å². The Morgan fingerprint density at radius 2 is 2.36 bits per heavy atom. The number of halogens is 1. The molecular weight excluding hydrogens is 183 g/mol. The molecule has 0 bridgehead atoms. The molecule has 0 spiro atoms. The molecule has 0 radical (unpaired) electrons. The molecule has 1 unspecified atom stereocenters. The first kappa shape index (κ1) is 10.6. The average Bonchev–Trinajstić information content (AvgIpc) is 2.19. The lowest BCUT2D eigenvalue weighted by Crippen LogP contribution is -2.23. The van der Waals surface area contributed by atoms with Crippen molar-refractivity contribution in [3.63, 3.8) is 0 Å². The summed E-state index contributed by atoms with van der Waals surface area (Å²) in [5.41, 5.74) is 0.570. The van der Waals surface area contributed by atoms with Gasteiger partial charge in [-0.25, -0.2) is 4.39 Å². The van der Waals surface area contributed by atoms with Crippen LogP contribution in [0.25, 0.3) is 0 Å². The molecule has 1 aromatic carbocycles. The molecule has 1 aromatic rings. The Labute approximate surface area is 81.8 Å². The Bertz CT molecular complexity index is 335. The minimum Gasteiger partial charge on any atom is -0.395 e. The van der Waals surface area contributed by atoms with Crippen molar-refractivity contribution in [3.8, 4) is 6.07 Å². The van der Waals surface area contributed by atoms with Crippen LogP contribution in [-0.4, -0.2) is 18.3 Å². The quantitative estimate of drug-likeness (QED) is 0.751. The number of aliphatic hydroxyl groups excluding tert-OH is 1. The topological polar surface area (TPSA) is 56.0 Å². The van der Waals surface area contributed by atoms with E-state index in [1.165, 1.54) is 12.1 Å². The Morgan fingerprint density at radius 3 is 2.93 bits per heavy atom. The molecule has 0 heterocycles. The second-order valence-electron chi connectivity index (χ2n) is 2.79. The van der Waals surface area contributed by atoms with Crippen molar-refractivity contribution in [1.29, 1.82) is 5.26 Å². The number of hydrogen-bond donors (Lipinski definition) is 2. The molecule has 0 saturated heterocycles. The van der Waals surface area contributed by atoms with Crippen LogP contribution < -0.4 is 5.32 Å². The summed E-state index contributed by atoms with van der Waals surface area (Å²) < 4.78 is 12.8. The van der Waals surface area contributed by atoms with Crippen molar-refractivity contribution in [1.82, 2.24) is 5.32 Å². The van der Waals surface area contributed by atoms with Gasteiger partial charge >= 0.3 is 0 Å². The van der Waals surface area contributed by atoms with Gasteiger partial charge in [-0.3, -0.25) is 5.32 Å². The van der Waals surface area contributed by atoms with Gasteiger partial charge in [0.15, 0.2) is 0 Å². The third-order valence-corrected chi connectivity index (χ3v) is 1.77. The monoisotopic (exact) mass is 194 g/mol. The van der Waals surface area contributed by atoms with Crippen molar-refractivity contribution in [2.75, 3.05) is 13.2 Å². The second-order valence-corrected chi connectivity index (χ2v) is 2.79. The molecule has 0 fully saturated rings. The summed E-state index contributed by atoms with van der Waals surface area (Å²) in [4.78, 5) is 0. The molecule has 0 aromatic heterocycles. The van der Waals surface area contributed by atoms with Crippen molar-refractivity contribution in [3.05, 3.63) is 35.6 Å². The van der Waals surface area contributed by atoms with Crippen molar-refractivity contribution < 1.29 is 9.50 Å². The van der Waals surface area contributed by atoms with Crippen molar-refractivity contribution in [2.45, 2.75) is 6.04 Å². The highest BCUT2D eigenvalue weighted by molar-refractivity contribution is 5.24. The van der Waals surface area contributed by atoms with E-state index >= 15 is 0 Å². The van der Waals surface area contributed by atoms with Gasteiger partial charge in [0.05, 0.1) is 12.7 Å². The van der Waals surface area contributed by atoms with E-state index in [1.807, 2.05) is 6.07 Å². The molecule has 0 aliphatic rings. The van der Waals surface area contributed by atoms with E-state index in [1.54, 1.807) is 12.1 Å². The van der Waals surface area contributed by atoms with Crippen molar-refractivity contribution in [2.24, 2.45) is 0 Å². The van der Waals surface area contributed by atoms with Gasteiger partial charge in [-0.1, -0.05) is 12.1 Å². The zero-order valence-electron chi connectivity index (χ0n) is 7.57. The van der Waals surface area contributed by atoms with Crippen LogP contribution in [0.5, 0.6) is 0 Å². The minimum absolute atomic E-state index is 0.0481. The first-order valence-corrected chi connectivity index (χ1v) is 4.27. The standard InChI is InChI=1S/C10H11FN2O/c11-9-3-1-2-8(6-9)10(7-12)13-4-5-14/h1-3,6,10,13-14H,4-5H2. The highest BCUT2D eigenvalue weighted by Gasteiger charge is 2.09. The molecule has 4 heteroatoms. The maximum Gasteiger partial charge on any atom is 0.123 e. The molecule has 0 aliphatic heterocycles. The van der Waals surface area contributed by atoms with Gasteiger partial charge in [-0.05, 0) is 17.7 Å². The van der Waals surface area contributed by atoms with Gasteiger partial charge in [0, 0.05) is 6.54 Å². The number of rotatable bonds is 4. The van der Waals surface area contributed by atoms with Gasteiger partial charge < -0.3 is 5.11 Å². The number of nitrogens with zero attached hydrogens (tertiary/aromatic N) is 1. The van der Waals surface area contributed by atoms with Crippen LogP contribution in [-0.2, 0) is 0 Å².